The second kappa shape index (κ2) is 4.07. The summed E-state index contributed by atoms with van der Waals surface area (Å²) < 4.78 is 0. The van der Waals surface area contributed by atoms with Crippen LogP contribution in [0.15, 0.2) is 48.8 Å². The topological polar surface area (TPSA) is 25.8 Å². The zero-order chi connectivity index (χ0) is 9.38. The quantitative estimate of drug-likeness (QED) is 0.574. The van der Waals surface area contributed by atoms with Crippen molar-refractivity contribution in [2.75, 3.05) is 0 Å². The monoisotopic (exact) mass is 364 g/mol. The molecular weight excluding hydrogens is 356 g/mol. The third kappa shape index (κ3) is 1.66. The van der Waals surface area contributed by atoms with E-state index < -0.39 is 0 Å². The molecule has 72 valence electrons. The van der Waals surface area contributed by atoms with Crippen molar-refractivity contribution >= 4 is 21.8 Å². The van der Waals surface area contributed by atoms with Crippen LogP contribution in [0.3, 0.4) is 0 Å². The van der Waals surface area contributed by atoms with Crippen LogP contribution in [0.1, 0.15) is 0 Å². The first-order chi connectivity index (χ1) is 6.95. The summed E-state index contributed by atoms with van der Waals surface area (Å²) in [6.07, 6.45) is 3.60. The van der Waals surface area contributed by atoms with Gasteiger partial charge in [-0.1, -0.05) is 24.3 Å². The molecule has 0 radical (unpaired) electrons. The predicted molar refractivity (Wildman–Crippen MR) is 57.0 cm³/mol. The molecule has 2 heterocycles. The molecule has 0 saturated carbocycles. The van der Waals surface area contributed by atoms with E-state index in [4.69, 9.17) is 0 Å². The van der Waals surface area contributed by atoms with E-state index in [1.54, 1.807) is 12.4 Å². The van der Waals surface area contributed by atoms with E-state index in [1.165, 1.54) is 0 Å². The molecule has 0 N–H and O–H groups in total. The number of aromatic nitrogens is 2. The van der Waals surface area contributed by atoms with Gasteiger partial charge in [-0.3, -0.25) is 9.97 Å². The minimum absolute atomic E-state index is 0. The minimum atomic E-state index is 0. The number of rotatable bonds is 0. The number of nitrogens with zero attached hydrogens (tertiary/aromatic N) is 2. The number of hydrogen-bond acceptors (Lipinski definition) is 2. The average Bonchev–Trinajstić information content (AvgIpc) is 2.29. The van der Waals surface area contributed by atoms with E-state index in [1.807, 2.05) is 12.1 Å². The van der Waals surface area contributed by atoms with Crippen LogP contribution >= 0.6 is 0 Å². The number of pyridine rings is 2. The van der Waals surface area contributed by atoms with E-state index in [0.29, 0.717) is 0 Å². The van der Waals surface area contributed by atoms with Gasteiger partial charge in [-0.05, 0) is 12.1 Å². The summed E-state index contributed by atoms with van der Waals surface area (Å²) in [7, 11) is 0. The van der Waals surface area contributed by atoms with Gasteiger partial charge in [-0.2, -0.15) is 0 Å². The van der Waals surface area contributed by atoms with E-state index in [9.17, 15) is 0 Å². The van der Waals surface area contributed by atoms with Gasteiger partial charge in [-0.15, -0.1) is 0 Å². The van der Waals surface area contributed by atoms with Crippen molar-refractivity contribution in [1.82, 2.24) is 9.97 Å². The summed E-state index contributed by atoms with van der Waals surface area (Å²) >= 11 is 0. The summed E-state index contributed by atoms with van der Waals surface area (Å²) in [6.45, 7) is 0. The predicted octanol–water partition coefficient (Wildman–Crippen LogP) is 2.78. The number of fused-ring (bicyclic) bond motifs is 3. The fraction of sp³-hybridized carbons (Fsp3) is 0. The van der Waals surface area contributed by atoms with Crippen molar-refractivity contribution in [1.29, 1.82) is 0 Å². The SMILES string of the molecule is [W].c1cnc2c(c1)ccc1cccnc12. The Morgan fingerprint density at radius 2 is 1.13 bits per heavy atom. The van der Waals surface area contributed by atoms with Gasteiger partial charge in [0, 0.05) is 44.2 Å². The van der Waals surface area contributed by atoms with Gasteiger partial charge < -0.3 is 0 Å². The molecule has 3 aromatic rings. The van der Waals surface area contributed by atoms with Crippen LogP contribution in [0.25, 0.3) is 21.8 Å². The minimum Gasteiger partial charge on any atom is -0.254 e. The van der Waals surface area contributed by atoms with Crippen LogP contribution in [-0.2, 0) is 21.1 Å². The first kappa shape index (κ1) is 10.3. The third-order valence-corrected chi connectivity index (χ3v) is 2.34. The molecular formula is C12H8N2W. The van der Waals surface area contributed by atoms with Crippen molar-refractivity contribution in [2.45, 2.75) is 0 Å². The molecule has 0 amide bonds. The van der Waals surface area contributed by atoms with Gasteiger partial charge in [0.05, 0.1) is 11.0 Å². The molecule has 0 atom stereocenters. The van der Waals surface area contributed by atoms with E-state index in [2.05, 4.69) is 34.2 Å². The normalized spacial score (nSPS) is 10.1. The van der Waals surface area contributed by atoms with Gasteiger partial charge >= 0.3 is 0 Å². The molecule has 0 fully saturated rings. The molecule has 0 aliphatic rings. The van der Waals surface area contributed by atoms with Crippen molar-refractivity contribution in [3.63, 3.8) is 0 Å². The Labute approximate surface area is 102 Å². The first-order valence-corrected chi connectivity index (χ1v) is 4.53. The largest absolute Gasteiger partial charge is 0.254 e. The number of benzene rings is 1. The Morgan fingerprint density at radius 3 is 1.60 bits per heavy atom. The molecule has 3 rings (SSSR count). The Balaban J connectivity index is 0.000000853. The first-order valence-electron chi connectivity index (χ1n) is 4.53. The Kier molecular flexibility index (Phi) is 2.79. The number of hydrogen-bond donors (Lipinski definition) is 0. The molecule has 3 heteroatoms. The Bertz CT molecular complexity index is 553. The molecule has 2 nitrogen and oxygen atoms in total. The Morgan fingerprint density at radius 1 is 0.667 bits per heavy atom. The van der Waals surface area contributed by atoms with Crippen LogP contribution in [0.2, 0.25) is 0 Å². The zero-order valence-electron chi connectivity index (χ0n) is 7.92. The second-order valence-electron chi connectivity index (χ2n) is 3.22. The standard InChI is InChI=1S/C12H8N2.W/c1-3-9-5-6-10-4-2-8-14-12(10)11(9)13-7-1;/h1-8H;. The van der Waals surface area contributed by atoms with Crippen LogP contribution < -0.4 is 0 Å². The van der Waals surface area contributed by atoms with Crippen LogP contribution in [-0.4, -0.2) is 9.97 Å². The van der Waals surface area contributed by atoms with E-state index in [0.717, 1.165) is 21.8 Å². The summed E-state index contributed by atoms with van der Waals surface area (Å²) in [6, 6.07) is 12.1. The Hall–Kier alpha value is -1.27. The van der Waals surface area contributed by atoms with Gasteiger partial charge in [-0.25, -0.2) is 0 Å². The summed E-state index contributed by atoms with van der Waals surface area (Å²) in [5, 5.41) is 2.28. The summed E-state index contributed by atoms with van der Waals surface area (Å²) in [4.78, 5) is 8.69. The van der Waals surface area contributed by atoms with Crippen LogP contribution in [0.5, 0.6) is 0 Å². The molecule has 0 unspecified atom stereocenters. The van der Waals surface area contributed by atoms with Crippen molar-refractivity contribution in [2.24, 2.45) is 0 Å². The van der Waals surface area contributed by atoms with Gasteiger partial charge in [0.25, 0.3) is 0 Å². The third-order valence-electron chi connectivity index (χ3n) is 2.34. The van der Waals surface area contributed by atoms with Gasteiger partial charge in [0.1, 0.15) is 0 Å². The maximum absolute atomic E-state index is 4.35. The fourth-order valence-corrected chi connectivity index (χ4v) is 1.68. The van der Waals surface area contributed by atoms with Crippen molar-refractivity contribution in [3.05, 3.63) is 48.8 Å². The summed E-state index contributed by atoms with van der Waals surface area (Å²) in [5.41, 5.74) is 1.95. The van der Waals surface area contributed by atoms with E-state index >= 15 is 0 Å². The molecule has 0 aliphatic carbocycles. The van der Waals surface area contributed by atoms with Crippen LogP contribution in [0, 0.1) is 0 Å². The van der Waals surface area contributed by atoms with Crippen molar-refractivity contribution in [3.8, 4) is 0 Å². The molecule has 0 saturated heterocycles. The maximum atomic E-state index is 4.35. The smallest absolute Gasteiger partial charge is 0.0964 e. The maximum Gasteiger partial charge on any atom is 0.0964 e. The summed E-state index contributed by atoms with van der Waals surface area (Å²) in [5.74, 6) is 0. The van der Waals surface area contributed by atoms with Crippen molar-refractivity contribution < 1.29 is 21.1 Å². The molecule has 1 aromatic carbocycles. The van der Waals surface area contributed by atoms with Crippen LogP contribution in [0.4, 0.5) is 0 Å². The second-order valence-corrected chi connectivity index (χ2v) is 3.22. The molecule has 0 bridgehead atoms. The molecule has 2 aromatic heterocycles. The van der Waals surface area contributed by atoms with E-state index in [-0.39, 0.29) is 21.1 Å². The molecule has 15 heavy (non-hydrogen) atoms. The zero-order valence-corrected chi connectivity index (χ0v) is 10.9. The molecule has 0 aliphatic heterocycles. The van der Waals surface area contributed by atoms with Gasteiger partial charge in [0.2, 0.25) is 0 Å². The van der Waals surface area contributed by atoms with Gasteiger partial charge in [0.15, 0.2) is 0 Å². The average molecular weight is 364 g/mol. The fourth-order valence-electron chi connectivity index (χ4n) is 1.68. The molecule has 0 spiro atoms.